The van der Waals surface area contributed by atoms with Gasteiger partial charge in [0, 0.05) is 44.2 Å². The molecule has 0 N–H and O–H groups in total. The molecule has 6 heteroatoms. The lowest BCUT2D eigenvalue weighted by Crippen LogP contribution is -2.48. The van der Waals surface area contributed by atoms with E-state index in [-0.39, 0.29) is 5.92 Å². The van der Waals surface area contributed by atoms with Crippen LogP contribution < -0.4 is 4.74 Å². The number of benzene rings is 1. The standard InChI is InChI=1S/C25H42N4O2/c1-26(2)16-17-29(25(30)22-11-14-27(3)15-12-22)19-21-8-7-13-28(18-21)20-23-9-5-6-10-24(23)31-4/h5-6,9-10,21-22H,7-8,11-20H2,1-4H3/t21-/m0/s1. The second kappa shape index (κ2) is 11.8. The largest absolute Gasteiger partial charge is 0.496 e. The molecule has 0 unspecified atom stereocenters. The first-order valence-corrected chi connectivity index (χ1v) is 11.9. The van der Waals surface area contributed by atoms with Crippen LogP contribution in [-0.2, 0) is 11.3 Å². The summed E-state index contributed by atoms with van der Waals surface area (Å²) in [5.74, 6) is 2.10. The maximum absolute atomic E-state index is 13.4. The van der Waals surface area contributed by atoms with Crippen LogP contribution in [0.2, 0.25) is 0 Å². The lowest BCUT2D eigenvalue weighted by molar-refractivity contribution is -0.138. The number of carbonyl (C=O) groups is 1. The maximum Gasteiger partial charge on any atom is 0.225 e. The molecular weight excluding hydrogens is 388 g/mol. The SMILES string of the molecule is COc1ccccc1CN1CCC[C@H](CN(CCN(C)C)C(=O)C2CCN(C)CC2)C1. The lowest BCUT2D eigenvalue weighted by Gasteiger charge is -2.38. The molecule has 2 fully saturated rings. The molecule has 3 rings (SSSR count). The van der Waals surface area contributed by atoms with Crippen molar-refractivity contribution in [3.05, 3.63) is 29.8 Å². The Kier molecular flexibility index (Phi) is 9.17. The van der Waals surface area contributed by atoms with E-state index < -0.39 is 0 Å². The molecule has 2 aliphatic heterocycles. The number of piperidine rings is 2. The first-order valence-electron chi connectivity index (χ1n) is 11.9. The third-order valence-electron chi connectivity index (χ3n) is 6.86. The number of carbonyl (C=O) groups excluding carboxylic acids is 1. The van der Waals surface area contributed by atoms with Crippen LogP contribution in [0.3, 0.4) is 0 Å². The summed E-state index contributed by atoms with van der Waals surface area (Å²) in [6, 6.07) is 8.32. The fraction of sp³-hybridized carbons (Fsp3) is 0.720. The van der Waals surface area contributed by atoms with Crippen molar-refractivity contribution in [3.63, 3.8) is 0 Å². The van der Waals surface area contributed by atoms with E-state index in [0.29, 0.717) is 11.8 Å². The van der Waals surface area contributed by atoms with Gasteiger partial charge in [-0.15, -0.1) is 0 Å². The molecule has 0 spiro atoms. The van der Waals surface area contributed by atoms with Crippen LogP contribution in [0.1, 0.15) is 31.2 Å². The van der Waals surface area contributed by atoms with Crippen molar-refractivity contribution in [1.82, 2.24) is 19.6 Å². The van der Waals surface area contributed by atoms with Gasteiger partial charge in [0.05, 0.1) is 7.11 Å². The summed E-state index contributed by atoms with van der Waals surface area (Å²) in [7, 11) is 8.08. The van der Waals surface area contributed by atoms with Gasteiger partial charge in [-0.2, -0.15) is 0 Å². The summed E-state index contributed by atoms with van der Waals surface area (Å²) in [6.45, 7) is 7.81. The molecule has 0 bridgehead atoms. The molecule has 0 aromatic heterocycles. The van der Waals surface area contributed by atoms with E-state index in [1.165, 1.54) is 18.4 Å². The van der Waals surface area contributed by atoms with E-state index in [2.05, 4.69) is 52.9 Å². The van der Waals surface area contributed by atoms with Crippen LogP contribution in [0.15, 0.2) is 24.3 Å². The Morgan fingerprint density at radius 2 is 1.84 bits per heavy atom. The second-order valence-corrected chi connectivity index (χ2v) is 9.72. The van der Waals surface area contributed by atoms with Gasteiger partial charge < -0.3 is 19.4 Å². The number of amides is 1. The number of para-hydroxylation sites is 1. The molecule has 1 aromatic rings. The molecular formula is C25H42N4O2. The van der Waals surface area contributed by atoms with Crippen molar-refractivity contribution in [2.45, 2.75) is 32.2 Å². The zero-order valence-electron chi connectivity index (χ0n) is 20.1. The third-order valence-corrected chi connectivity index (χ3v) is 6.86. The Bertz CT molecular complexity index is 688. The average molecular weight is 431 g/mol. The molecule has 2 saturated heterocycles. The van der Waals surface area contributed by atoms with Gasteiger partial charge in [0.2, 0.25) is 5.91 Å². The first kappa shape index (κ1) is 24.0. The minimum atomic E-state index is 0.201. The normalized spacial score (nSPS) is 21.4. The highest BCUT2D eigenvalue weighted by molar-refractivity contribution is 5.79. The third kappa shape index (κ3) is 7.19. The summed E-state index contributed by atoms with van der Waals surface area (Å²) < 4.78 is 5.55. The minimum absolute atomic E-state index is 0.201. The number of likely N-dealkylation sites (N-methyl/N-ethyl adjacent to an activating group) is 1. The van der Waals surface area contributed by atoms with Crippen LogP contribution in [-0.4, -0.2) is 99.6 Å². The lowest BCUT2D eigenvalue weighted by atomic mass is 9.93. The van der Waals surface area contributed by atoms with Crippen molar-refractivity contribution >= 4 is 5.91 Å². The van der Waals surface area contributed by atoms with Crippen LogP contribution in [0.5, 0.6) is 5.75 Å². The first-order chi connectivity index (χ1) is 15.0. The number of methoxy groups -OCH3 is 1. The molecule has 174 valence electrons. The number of rotatable bonds is 9. The molecule has 1 atom stereocenters. The van der Waals surface area contributed by atoms with Crippen molar-refractivity contribution in [2.75, 3.05) is 74.1 Å². The zero-order chi connectivity index (χ0) is 22.2. The van der Waals surface area contributed by atoms with Crippen molar-refractivity contribution < 1.29 is 9.53 Å². The van der Waals surface area contributed by atoms with Gasteiger partial charge in [-0.05, 0) is 78.4 Å². The zero-order valence-corrected chi connectivity index (χ0v) is 20.1. The van der Waals surface area contributed by atoms with Crippen LogP contribution >= 0.6 is 0 Å². The molecule has 1 aromatic carbocycles. The number of hydrogen-bond acceptors (Lipinski definition) is 5. The summed E-state index contributed by atoms with van der Waals surface area (Å²) >= 11 is 0. The predicted molar refractivity (Wildman–Crippen MR) is 126 cm³/mol. The van der Waals surface area contributed by atoms with Gasteiger partial charge in [-0.1, -0.05) is 18.2 Å². The fourth-order valence-corrected chi connectivity index (χ4v) is 4.96. The molecule has 31 heavy (non-hydrogen) atoms. The van der Waals surface area contributed by atoms with Crippen LogP contribution in [0.4, 0.5) is 0 Å². The highest BCUT2D eigenvalue weighted by atomic mass is 16.5. The predicted octanol–water partition coefficient (Wildman–Crippen LogP) is 2.64. The molecule has 2 heterocycles. The van der Waals surface area contributed by atoms with Gasteiger partial charge >= 0.3 is 0 Å². The summed E-state index contributed by atoms with van der Waals surface area (Å²) in [4.78, 5) is 22.7. The van der Waals surface area contributed by atoms with Gasteiger partial charge in [0.15, 0.2) is 0 Å². The van der Waals surface area contributed by atoms with Crippen molar-refractivity contribution in [2.24, 2.45) is 11.8 Å². The summed E-state index contributed by atoms with van der Waals surface area (Å²) in [5.41, 5.74) is 1.25. The Morgan fingerprint density at radius 1 is 1.10 bits per heavy atom. The van der Waals surface area contributed by atoms with E-state index in [0.717, 1.165) is 70.9 Å². The summed E-state index contributed by atoms with van der Waals surface area (Å²) in [6.07, 6.45) is 4.40. The molecule has 0 radical (unpaired) electrons. The highest BCUT2D eigenvalue weighted by Gasteiger charge is 2.30. The monoisotopic (exact) mass is 430 g/mol. The number of likely N-dealkylation sites (tertiary alicyclic amines) is 2. The smallest absolute Gasteiger partial charge is 0.225 e. The topological polar surface area (TPSA) is 39.3 Å². The number of nitrogens with zero attached hydrogens (tertiary/aromatic N) is 4. The molecule has 2 aliphatic rings. The van der Waals surface area contributed by atoms with Gasteiger partial charge in [-0.25, -0.2) is 0 Å². The molecule has 6 nitrogen and oxygen atoms in total. The molecule has 0 saturated carbocycles. The van der Waals surface area contributed by atoms with Crippen molar-refractivity contribution in [3.8, 4) is 5.75 Å². The Hall–Kier alpha value is -1.63. The van der Waals surface area contributed by atoms with Gasteiger partial charge in [-0.3, -0.25) is 9.69 Å². The average Bonchev–Trinajstić information content (AvgIpc) is 2.77. The Balaban J connectivity index is 1.60. The van der Waals surface area contributed by atoms with Crippen LogP contribution in [0.25, 0.3) is 0 Å². The fourth-order valence-electron chi connectivity index (χ4n) is 4.96. The van der Waals surface area contributed by atoms with Crippen molar-refractivity contribution in [1.29, 1.82) is 0 Å². The highest BCUT2D eigenvalue weighted by Crippen LogP contribution is 2.25. The van der Waals surface area contributed by atoms with E-state index in [9.17, 15) is 4.79 Å². The van der Waals surface area contributed by atoms with Gasteiger partial charge in [0.25, 0.3) is 0 Å². The maximum atomic E-state index is 13.4. The molecule has 1 amide bonds. The quantitative estimate of drug-likeness (QED) is 0.602. The Labute approximate surface area is 189 Å². The number of ether oxygens (including phenoxy) is 1. The Morgan fingerprint density at radius 3 is 2.55 bits per heavy atom. The van der Waals surface area contributed by atoms with E-state index in [4.69, 9.17) is 4.74 Å². The number of hydrogen-bond donors (Lipinski definition) is 0. The summed E-state index contributed by atoms with van der Waals surface area (Å²) in [5, 5.41) is 0. The van der Waals surface area contributed by atoms with Crippen LogP contribution in [0, 0.1) is 11.8 Å². The minimum Gasteiger partial charge on any atom is -0.496 e. The second-order valence-electron chi connectivity index (χ2n) is 9.72. The van der Waals surface area contributed by atoms with Gasteiger partial charge in [0.1, 0.15) is 5.75 Å². The van der Waals surface area contributed by atoms with E-state index in [1.54, 1.807) is 7.11 Å². The molecule has 0 aliphatic carbocycles. The van der Waals surface area contributed by atoms with E-state index in [1.807, 2.05) is 12.1 Å². The van der Waals surface area contributed by atoms with E-state index >= 15 is 0 Å².